The van der Waals surface area contributed by atoms with Gasteiger partial charge in [0.25, 0.3) is 5.56 Å². The third-order valence-electron chi connectivity index (χ3n) is 1.52. The zero-order valence-electron chi connectivity index (χ0n) is 10.3. The van der Waals surface area contributed by atoms with E-state index >= 15 is 0 Å². The molecule has 0 aliphatic heterocycles. The Labute approximate surface area is 98.1 Å². The van der Waals surface area contributed by atoms with E-state index in [1.165, 1.54) is 0 Å². The van der Waals surface area contributed by atoms with Crippen LogP contribution in [-0.2, 0) is 0 Å². The first-order chi connectivity index (χ1) is 7.79. The maximum Gasteiger partial charge on any atom is 0.328 e. The van der Waals surface area contributed by atoms with Gasteiger partial charge in [0.2, 0.25) is 5.88 Å². The van der Waals surface area contributed by atoms with Crippen LogP contribution in [0.5, 0.6) is 5.88 Å². The lowest BCUT2D eigenvalue weighted by molar-refractivity contribution is 0.0983. The Balaban J connectivity index is 0.000000557. The summed E-state index contributed by atoms with van der Waals surface area (Å²) in [6.07, 6.45) is 0.0860. The molecule has 17 heavy (non-hydrogen) atoms. The Bertz CT molecular complexity index is 484. The standard InChI is InChI=1S/C7H8N2O4.C3H9N/c1-2-3(10)4-5(11)8-7(13)9-6(4)12;1-4(2)3/h2H2,1H3,(H3,8,9,11,12,13);1-3H3. The number of aromatic hydroxyl groups is 1. The first-order valence-corrected chi connectivity index (χ1v) is 4.99. The molecule has 0 aliphatic rings. The number of carbonyl (C=O) groups is 1. The van der Waals surface area contributed by atoms with E-state index in [1.54, 1.807) is 6.92 Å². The molecule has 7 heteroatoms. The Morgan fingerprint density at radius 3 is 2.06 bits per heavy atom. The third-order valence-corrected chi connectivity index (χ3v) is 1.52. The summed E-state index contributed by atoms with van der Waals surface area (Å²) in [5.41, 5.74) is -2.11. The molecule has 0 amide bonds. The molecular weight excluding hydrogens is 226 g/mol. The third kappa shape index (κ3) is 5.12. The maximum atomic E-state index is 11.1. The van der Waals surface area contributed by atoms with Crippen molar-refractivity contribution in [3.63, 3.8) is 0 Å². The summed E-state index contributed by atoms with van der Waals surface area (Å²) in [5.74, 6) is -1.20. The van der Waals surface area contributed by atoms with Crippen LogP contribution in [-0.4, -0.2) is 46.9 Å². The second-order valence-corrected chi connectivity index (χ2v) is 3.75. The van der Waals surface area contributed by atoms with E-state index in [1.807, 2.05) is 36.0 Å². The van der Waals surface area contributed by atoms with Crippen LogP contribution >= 0.6 is 0 Å². The smallest absolute Gasteiger partial charge is 0.328 e. The van der Waals surface area contributed by atoms with Crippen molar-refractivity contribution in [3.05, 3.63) is 26.4 Å². The van der Waals surface area contributed by atoms with Gasteiger partial charge in [-0.1, -0.05) is 6.92 Å². The minimum atomic E-state index is -0.867. The molecule has 0 bridgehead atoms. The van der Waals surface area contributed by atoms with Gasteiger partial charge in [0.1, 0.15) is 5.56 Å². The van der Waals surface area contributed by atoms with Gasteiger partial charge in [-0.3, -0.25) is 19.6 Å². The minimum absolute atomic E-state index is 0.0860. The predicted molar refractivity (Wildman–Crippen MR) is 63.6 cm³/mol. The van der Waals surface area contributed by atoms with Gasteiger partial charge in [-0.25, -0.2) is 4.79 Å². The highest BCUT2D eigenvalue weighted by Gasteiger charge is 2.14. The molecule has 0 saturated heterocycles. The van der Waals surface area contributed by atoms with Gasteiger partial charge in [0, 0.05) is 6.42 Å². The number of hydrogen-bond donors (Lipinski definition) is 3. The number of hydrogen-bond acceptors (Lipinski definition) is 5. The SMILES string of the molecule is CCC(=O)c1c(O)[nH]c(=O)[nH]c1=O.CN(C)C. The summed E-state index contributed by atoms with van der Waals surface area (Å²) in [4.78, 5) is 38.4. The van der Waals surface area contributed by atoms with Crippen LogP contribution < -0.4 is 11.2 Å². The fraction of sp³-hybridized carbons (Fsp3) is 0.500. The normalized spacial score (nSPS) is 9.71. The molecule has 1 heterocycles. The number of H-pyrrole nitrogens is 2. The molecule has 0 radical (unpaired) electrons. The highest BCUT2D eigenvalue weighted by molar-refractivity contribution is 5.97. The zero-order chi connectivity index (χ0) is 13.6. The first-order valence-electron chi connectivity index (χ1n) is 4.99. The molecule has 0 aromatic carbocycles. The van der Waals surface area contributed by atoms with E-state index in [2.05, 4.69) is 0 Å². The van der Waals surface area contributed by atoms with E-state index in [0.717, 1.165) is 0 Å². The van der Waals surface area contributed by atoms with E-state index in [9.17, 15) is 14.4 Å². The number of carbonyl (C=O) groups excluding carboxylic acids is 1. The van der Waals surface area contributed by atoms with Gasteiger partial charge in [-0.2, -0.15) is 0 Å². The summed E-state index contributed by atoms with van der Waals surface area (Å²) in [6, 6.07) is 0. The molecule has 3 N–H and O–H groups in total. The lowest BCUT2D eigenvalue weighted by Gasteiger charge is -1.98. The number of Topliss-reactive ketones (excluding diaryl/α,β-unsaturated/α-hetero) is 1. The van der Waals surface area contributed by atoms with Crippen LogP contribution in [0.1, 0.15) is 23.7 Å². The monoisotopic (exact) mass is 243 g/mol. The average molecular weight is 243 g/mol. The molecule has 1 aromatic heterocycles. The van der Waals surface area contributed by atoms with Crippen molar-refractivity contribution in [2.75, 3.05) is 21.1 Å². The van der Waals surface area contributed by atoms with Crippen molar-refractivity contribution in [1.29, 1.82) is 0 Å². The van der Waals surface area contributed by atoms with Gasteiger partial charge >= 0.3 is 5.69 Å². The maximum absolute atomic E-state index is 11.1. The lowest BCUT2D eigenvalue weighted by Crippen LogP contribution is -2.27. The summed E-state index contributed by atoms with van der Waals surface area (Å²) < 4.78 is 0. The van der Waals surface area contributed by atoms with Crippen LogP contribution in [0.25, 0.3) is 0 Å². The highest BCUT2D eigenvalue weighted by Crippen LogP contribution is 2.06. The van der Waals surface area contributed by atoms with Crippen molar-refractivity contribution in [2.45, 2.75) is 13.3 Å². The van der Waals surface area contributed by atoms with Gasteiger partial charge in [0.05, 0.1) is 0 Å². The Kier molecular flexibility index (Phi) is 5.90. The molecule has 0 unspecified atom stereocenters. The summed E-state index contributed by atoms with van der Waals surface area (Å²) in [7, 11) is 6.00. The van der Waals surface area contributed by atoms with Gasteiger partial charge in [-0.05, 0) is 21.1 Å². The summed E-state index contributed by atoms with van der Waals surface area (Å²) >= 11 is 0. The molecule has 7 nitrogen and oxygen atoms in total. The van der Waals surface area contributed by atoms with Crippen molar-refractivity contribution in [1.82, 2.24) is 14.9 Å². The molecular formula is C10H17N3O4. The molecule has 0 saturated carbocycles. The summed E-state index contributed by atoms with van der Waals surface area (Å²) in [5, 5.41) is 9.08. The topological polar surface area (TPSA) is 106 Å². The number of nitrogens with one attached hydrogen (secondary N) is 2. The highest BCUT2D eigenvalue weighted by atomic mass is 16.3. The number of rotatable bonds is 2. The van der Waals surface area contributed by atoms with Crippen LogP contribution in [0.3, 0.4) is 0 Å². The second-order valence-electron chi connectivity index (χ2n) is 3.75. The second kappa shape index (κ2) is 6.64. The van der Waals surface area contributed by atoms with E-state index in [0.29, 0.717) is 0 Å². The van der Waals surface area contributed by atoms with Gasteiger partial charge in [-0.15, -0.1) is 0 Å². The van der Waals surface area contributed by atoms with E-state index in [-0.39, 0.29) is 6.42 Å². The number of aromatic nitrogens is 2. The Morgan fingerprint density at radius 2 is 1.71 bits per heavy atom. The lowest BCUT2D eigenvalue weighted by atomic mass is 10.2. The van der Waals surface area contributed by atoms with Crippen molar-refractivity contribution < 1.29 is 9.90 Å². The fourth-order valence-corrected chi connectivity index (χ4v) is 0.910. The largest absolute Gasteiger partial charge is 0.494 e. The van der Waals surface area contributed by atoms with Gasteiger partial charge in [0.15, 0.2) is 5.78 Å². The molecule has 96 valence electrons. The number of nitrogens with zero attached hydrogens (tertiary/aromatic N) is 1. The molecule has 0 aliphatic carbocycles. The molecule has 1 rings (SSSR count). The molecule has 0 spiro atoms. The van der Waals surface area contributed by atoms with Crippen LogP contribution in [0.2, 0.25) is 0 Å². The Hall–Kier alpha value is -1.89. The molecule has 0 atom stereocenters. The number of aromatic amines is 2. The summed E-state index contributed by atoms with van der Waals surface area (Å²) in [6.45, 7) is 1.55. The van der Waals surface area contributed by atoms with E-state index < -0.39 is 28.5 Å². The van der Waals surface area contributed by atoms with Crippen LogP contribution in [0, 0.1) is 0 Å². The van der Waals surface area contributed by atoms with Crippen molar-refractivity contribution in [3.8, 4) is 5.88 Å². The Morgan fingerprint density at radius 1 is 1.24 bits per heavy atom. The quantitative estimate of drug-likeness (QED) is 0.609. The van der Waals surface area contributed by atoms with Gasteiger partial charge < -0.3 is 10.0 Å². The van der Waals surface area contributed by atoms with Crippen LogP contribution in [0.4, 0.5) is 0 Å². The molecule has 0 fully saturated rings. The fourth-order valence-electron chi connectivity index (χ4n) is 0.910. The first kappa shape index (κ1) is 15.1. The van der Waals surface area contributed by atoms with Crippen molar-refractivity contribution in [2.24, 2.45) is 0 Å². The zero-order valence-corrected chi connectivity index (χ0v) is 10.3. The minimum Gasteiger partial charge on any atom is -0.494 e. The van der Waals surface area contributed by atoms with Crippen molar-refractivity contribution >= 4 is 5.78 Å². The number of ketones is 1. The van der Waals surface area contributed by atoms with Crippen LogP contribution in [0.15, 0.2) is 9.59 Å². The average Bonchev–Trinajstić information content (AvgIpc) is 2.14. The molecule has 1 aromatic rings. The predicted octanol–water partition coefficient (Wildman–Crippen LogP) is -0.461. The van der Waals surface area contributed by atoms with E-state index in [4.69, 9.17) is 5.11 Å².